The molecule has 1 saturated heterocycles. The predicted octanol–water partition coefficient (Wildman–Crippen LogP) is 3.39. The Balaban J connectivity index is 1.91. The van der Waals surface area contributed by atoms with Gasteiger partial charge in [0, 0.05) is 19.6 Å². The Morgan fingerprint density at radius 2 is 2.10 bits per heavy atom. The van der Waals surface area contributed by atoms with Gasteiger partial charge in [-0.15, -0.1) is 0 Å². The van der Waals surface area contributed by atoms with Gasteiger partial charge in [-0.25, -0.2) is 0 Å². The number of allylic oxidation sites excluding steroid dienone is 1. The smallest absolute Gasteiger partial charge is 0.0107 e. The van der Waals surface area contributed by atoms with Crippen LogP contribution in [0.1, 0.15) is 36.5 Å². The maximum Gasteiger partial charge on any atom is 0.0107 e. The average molecular weight is 272 g/mol. The van der Waals surface area contributed by atoms with Crippen molar-refractivity contribution < 1.29 is 0 Å². The third-order valence-corrected chi connectivity index (χ3v) is 4.15. The molecule has 0 spiro atoms. The summed E-state index contributed by atoms with van der Waals surface area (Å²) in [6.07, 6.45) is 4.83. The molecule has 2 rings (SSSR count). The summed E-state index contributed by atoms with van der Waals surface area (Å²) in [4.78, 5) is 2.58. The van der Waals surface area contributed by atoms with Crippen molar-refractivity contribution in [2.75, 3.05) is 32.7 Å². The van der Waals surface area contributed by atoms with Crippen LogP contribution >= 0.6 is 0 Å². The van der Waals surface area contributed by atoms with E-state index in [1.165, 1.54) is 54.9 Å². The molecular formula is C18H28N2. The minimum atomic E-state index is 1.14. The molecule has 1 aliphatic rings. The summed E-state index contributed by atoms with van der Waals surface area (Å²) < 4.78 is 0. The van der Waals surface area contributed by atoms with Crippen LogP contribution in [0.25, 0.3) is 5.57 Å². The van der Waals surface area contributed by atoms with E-state index in [2.05, 4.69) is 55.3 Å². The van der Waals surface area contributed by atoms with Gasteiger partial charge < -0.3 is 10.2 Å². The summed E-state index contributed by atoms with van der Waals surface area (Å²) in [6.45, 7) is 12.5. The molecule has 0 aliphatic carbocycles. The fourth-order valence-electron chi connectivity index (χ4n) is 2.86. The summed E-state index contributed by atoms with van der Waals surface area (Å²) in [7, 11) is 0. The standard InChI is InChI=1S/C18H28N2/c1-15-7-8-17(3)18(14-15)16(2)6-4-11-20-12-5-9-19-10-13-20/h6-8,14,19H,4-5,9-13H2,1-3H3/b16-6+. The Labute approximate surface area is 123 Å². The van der Waals surface area contributed by atoms with Crippen molar-refractivity contribution in [3.05, 3.63) is 41.0 Å². The molecule has 0 atom stereocenters. The summed E-state index contributed by atoms with van der Waals surface area (Å²) >= 11 is 0. The predicted molar refractivity (Wildman–Crippen MR) is 88.1 cm³/mol. The molecule has 1 N–H and O–H groups in total. The molecule has 1 aromatic rings. The van der Waals surface area contributed by atoms with E-state index in [1.807, 2.05) is 0 Å². The van der Waals surface area contributed by atoms with Crippen molar-refractivity contribution in [3.63, 3.8) is 0 Å². The zero-order valence-electron chi connectivity index (χ0n) is 13.2. The topological polar surface area (TPSA) is 15.3 Å². The molecule has 1 fully saturated rings. The molecule has 2 heteroatoms. The largest absolute Gasteiger partial charge is 0.315 e. The molecule has 20 heavy (non-hydrogen) atoms. The first kappa shape index (κ1) is 15.3. The lowest BCUT2D eigenvalue weighted by molar-refractivity contribution is 0.298. The minimum absolute atomic E-state index is 1.14. The fourth-order valence-corrected chi connectivity index (χ4v) is 2.86. The van der Waals surface area contributed by atoms with E-state index in [4.69, 9.17) is 0 Å². The molecular weight excluding hydrogens is 244 g/mol. The maximum atomic E-state index is 3.46. The second-order valence-electron chi connectivity index (χ2n) is 5.94. The van der Waals surface area contributed by atoms with Crippen LogP contribution in [-0.2, 0) is 0 Å². The number of rotatable bonds is 4. The van der Waals surface area contributed by atoms with Crippen LogP contribution in [0.15, 0.2) is 24.3 Å². The molecule has 2 nitrogen and oxygen atoms in total. The van der Waals surface area contributed by atoms with Crippen molar-refractivity contribution in [2.24, 2.45) is 0 Å². The number of nitrogens with zero attached hydrogens (tertiary/aromatic N) is 1. The summed E-state index contributed by atoms with van der Waals surface area (Å²) in [6, 6.07) is 6.72. The quantitative estimate of drug-likeness (QED) is 0.904. The van der Waals surface area contributed by atoms with Gasteiger partial charge in [-0.05, 0) is 63.4 Å². The lowest BCUT2D eigenvalue weighted by Crippen LogP contribution is -2.28. The average Bonchev–Trinajstić information content (AvgIpc) is 2.70. The molecule has 0 saturated carbocycles. The van der Waals surface area contributed by atoms with Gasteiger partial charge in [0.25, 0.3) is 0 Å². The van der Waals surface area contributed by atoms with Crippen molar-refractivity contribution in [3.8, 4) is 0 Å². The van der Waals surface area contributed by atoms with Gasteiger partial charge in [0.1, 0.15) is 0 Å². The van der Waals surface area contributed by atoms with Gasteiger partial charge >= 0.3 is 0 Å². The number of aryl methyl sites for hydroxylation is 2. The monoisotopic (exact) mass is 272 g/mol. The van der Waals surface area contributed by atoms with Crippen LogP contribution < -0.4 is 5.32 Å². The van der Waals surface area contributed by atoms with E-state index in [9.17, 15) is 0 Å². The lowest BCUT2D eigenvalue weighted by atomic mass is 9.99. The summed E-state index contributed by atoms with van der Waals surface area (Å²) in [5.41, 5.74) is 5.54. The first-order chi connectivity index (χ1) is 9.66. The Morgan fingerprint density at radius 3 is 2.95 bits per heavy atom. The highest BCUT2D eigenvalue weighted by molar-refractivity contribution is 5.67. The summed E-state index contributed by atoms with van der Waals surface area (Å²) in [5, 5.41) is 3.46. The number of hydrogen-bond donors (Lipinski definition) is 1. The van der Waals surface area contributed by atoms with E-state index in [-0.39, 0.29) is 0 Å². The van der Waals surface area contributed by atoms with Gasteiger partial charge in [-0.1, -0.05) is 29.8 Å². The Bertz CT molecular complexity index is 454. The van der Waals surface area contributed by atoms with Crippen LogP contribution in [-0.4, -0.2) is 37.6 Å². The van der Waals surface area contributed by atoms with Gasteiger partial charge in [0.15, 0.2) is 0 Å². The molecule has 0 bridgehead atoms. The first-order valence-corrected chi connectivity index (χ1v) is 7.84. The van der Waals surface area contributed by atoms with Crippen molar-refractivity contribution in [1.82, 2.24) is 10.2 Å². The fraction of sp³-hybridized carbons (Fsp3) is 0.556. The van der Waals surface area contributed by atoms with Crippen LogP contribution in [0.2, 0.25) is 0 Å². The summed E-state index contributed by atoms with van der Waals surface area (Å²) in [5.74, 6) is 0. The van der Waals surface area contributed by atoms with Crippen LogP contribution in [0.3, 0.4) is 0 Å². The molecule has 0 radical (unpaired) electrons. The zero-order chi connectivity index (χ0) is 14.4. The van der Waals surface area contributed by atoms with Gasteiger partial charge in [0.05, 0.1) is 0 Å². The Morgan fingerprint density at radius 1 is 1.25 bits per heavy atom. The highest BCUT2D eigenvalue weighted by Gasteiger charge is 2.07. The molecule has 1 aromatic carbocycles. The molecule has 1 heterocycles. The molecule has 110 valence electrons. The Kier molecular flexibility index (Phi) is 5.81. The third-order valence-electron chi connectivity index (χ3n) is 4.15. The SMILES string of the molecule is C/C(=C\CCN1CCCNCC1)c1cc(C)ccc1C. The van der Waals surface area contributed by atoms with Crippen LogP contribution in [0.4, 0.5) is 0 Å². The maximum absolute atomic E-state index is 3.46. The molecule has 0 amide bonds. The number of hydrogen-bond acceptors (Lipinski definition) is 2. The second-order valence-corrected chi connectivity index (χ2v) is 5.94. The Hall–Kier alpha value is -1.12. The second kappa shape index (κ2) is 7.61. The zero-order valence-corrected chi connectivity index (χ0v) is 13.2. The van der Waals surface area contributed by atoms with Gasteiger partial charge in [-0.2, -0.15) is 0 Å². The normalized spacial score (nSPS) is 18.1. The van der Waals surface area contributed by atoms with Crippen molar-refractivity contribution >= 4 is 5.57 Å². The lowest BCUT2D eigenvalue weighted by Gasteiger charge is -2.18. The molecule has 1 aliphatic heterocycles. The third kappa shape index (κ3) is 4.46. The van der Waals surface area contributed by atoms with E-state index < -0.39 is 0 Å². The molecule has 0 unspecified atom stereocenters. The van der Waals surface area contributed by atoms with Crippen molar-refractivity contribution in [2.45, 2.75) is 33.6 Å². The van der Waals surface area contributed by atoms with E-state index in [0.717, 1.165) is 13.0 Å². The highest BCUT2D eigenvalue weighted by Crippen LogP contribution is 2.20. The van der Waals surface area contributed by atoms with E-state index >= 15 is 0 Å². The minimum Gasteiger partial charge on any atom is -0.315 e. The van der Waals surface area contributed by atoms with Crippen LogP contribution in [0, 0.1) is 13.8 Å². The molecule has 0 aromatic heterocycles. The number of nitrogens with one attached hydrogen (secondary N) is 1. The number of benzene rings is 1. The first-order valence-electron chi connectivity index (χ1n) is 7.84. The van der Waals surface area contributed by atoms with Gasteiger partial charge in [-0.3, -0.25) is 0 Å². The van der Waals surface area contributed by atoms with Crippen LogP contribution in [0.5, 0.6) is 0 Å². The van der Waals surface area contributed by atoms with E-state index in [0.29, 0.717) is 0 Å². The van der Waals surface area contributed by atoms with E-state index in [1.54, 1.807) is 0 Å². The highest BCUT2D eigenvalue weighted by atomic mass is 15.1. The van der Waals surface area contributed by atoms with Gasteiger partial charge in [0.2, 0.25) is 0 Å². The van der Waals surface area contributed by atoms with Crippen molar-refractivity contribution in [1.29, 1.82) is 0 Å².